The largest absolute Gasteiger partial charge is 0.466 e. The summed E-state index contributed by atoms with van der Waals surface area (Å²) in [6.45, 7) is 1.90. The molecule has 18 heavy (non-hydrogen) atoms. The van der Waals surface area contributed by atoms with Gasteiger partial charge in [-0.3, -0.25) is 4.79 Å². The Labute approximate surface area is 107 Å². The Hall–Kier alpha value is -1.29. The molecule has 0 radical (unpaired) electrons. The van der Waals surface area contributed by atoms with Crippen LogP contribution in [0.25, 0.3) is 0 Å². The highest BCUT2D eigenvalue weighted by Crippen LogP contribution is 2.18. The Balaban J connectivity index is 1.69. The van der Waals surface area contributed by atoms with Crippen LogP contribution >= 0.6 is 0 Å². The van der Waals surface area contributed by atoms with Crippen LogP contribution in [0.1, 0.15) is 43.6 Å². The van der Waals surface area contributed by atoms with Crippen LogP contribution in [-0.2, 0) is 11.2 Å². The Bertz CT molecular complexity index is 391. The molecule has 1 amide bonds. The van der Waals surface area contributed by atoms with Crippen LogP contribution < -0.4 is 5.32 Å². The Kier molecular flexibility index (Phi) is 4.42. The van der Waals surface area contributed by atoms with Crippen LogP contribution in [0.3, 0.4) is 0 Å². The van der Waals surface area contributed by atoms with E-state index < -0.39 is 0 Å². The highest BCUT2D eigenvalue weighted by Gasteiger charge is 2.20. The second-order valence-electron chi connectivity index (χ2n) is 5.09. The third-order valence-electron chi connectivity index (χ3n) is 3.46. The SMILES string of the molecule is Cc1ccc(CCC(=O)NC2CCC(O)CC2)o1. The average Bonchev–Trinajstić information content (AvgIpc) is 2.76. The number of rotatable bonds is 4. The second kappa shape index (κ2) is 6.05. The molecule has 4 heteroatoms. The molecule has 1 heterocycles. The topological polar surface area (TPSA) is 62.5 Å². The molecule has 1 fully saturated rings. The lowest BCUT2D eigenvalue weighted by atomic mass is 9.93. The third-order valence-corrected chi connectivity index (χ3v) is 3.46. The molecule has 4 nitrogen and oxygen atoms in total. The van der Waals surface area contributed by atoms with E-state index >= 15 is 0 Å². The van der Waals surface area contributed by atoms with Crippen molar-refractivity contribution >= 4 is 5.91 Å². The standard InChI is InChI=1S/C14H21NO3/c1-10-2-7-13(18-10)8-9-14(17)15-11-3-5-12(16)6-4-11/h2,7,11-12,16H,3-6,8-9H2,1H3,(H,15,17). The zero-order chi connectivity index (χ0) is 13.0. The van der Waals surface area contributed by atoms with E-state index in [0.717, 1.165) is 37.2 Å². The van der Waals surface area contributed by atoms with Gasteiger partial charge in [-0.25, -0.2) is 0 Å². The summed E-state index contributed by atoms with van der Waals surface area (Å²) in [6, 6.07) is 4.06. The zero-order valence-electron chi connectivity index (χ0n) is 10.8. The van der Waals surface area contributed by atoms with Crippen LogP contribution in [-0.4, -0.2) is 23.2 Å². The van der Waals surface area contributed by atoms with Crippen molar-refractivity contribution in [1.29, 1.82) is 0 Å². The smallest absolute Gasteiger partial charge is 0.220 e. The van der Waals surface area contributed by atoms with E-state index in [9.17, 15) is 9.90 Å². The molecule has 0 bridgehead atoms. The van der Waals surface area contributed by atoms with E-state index in [1.807, 2.05) is 19.1 Å². The molecular formula is C14H21NO3. The summed E-state index contributed by atoms with van der Waals surface area (Å²) in [4.78, 5) is 11.8. The van der Waals surface area contributed by atoms with Crippen LogP contribution in [0.15, 0.2) is 16.5 Å². The van der Waals surface area contributed by atoms with E-state index in [0.29, 0.717) is 12.8 Å². The van der Waals surface area contributed by atoms with Gasteiger partial charge >= 0.3 is 0 Å². The minimum atomic E-state index is -0.177. The molecule has 0 aliphatic heterocycles. The average molecular weight is 251 g/mol. The number of nitrogens with one attached hydrogen (secondary N) is 1. The van der Waals surface area contributed by atoms with Gasteiger partial charge in [0.25, 0.3) is 0 Å². The molecule has 2 N–H and O–H groups in total. The van der Waals surface area contributed by atoms with E-state index in [2.05, 4.69) is 5.32 Å². The molecule has 0 aromatic carbocycles. The number of amides is 1. The van der Waals surface area contributed by atoms with Crippen molar-refractivity contribution in [3.05, 3.63) is 23.7 Å². The van der Waals surface area contributed by atoms with Gasteiger partial charge in [-0.2, -0.15) is 0 Å². The summed E-state index contributed by atoms with van der Waals surface area (Å²) in [7, 11) is 0. The van der Waals surface area contributed by atoms with Gasteiger partial charge < -0.3 is 14.8 Å². The first-order valence-electron chi connectivity index (χ1n) is 6.66. The summed E-state index contributed by atoms with van der Waals surface area (Å²) in [5, 5.41) is 12.4. The maximum Gasteiger partial charge on any atom is 0.220 e. The van der Waals surface area contributed by atoms with Gasteiger partial charge in [0.1, 0.15) is 11.5 Å². The molecule has 0 saturated heterocycles. The lowest BCUT2D eigenvalue weighted by Gasteiger charge is -2.26. The molecule has 1 aromatic heterocycles. The number of aliphatic hydroxyl groups excluding tert-OH is 1. The molecule has 1 aliphatic carbocycles. The maximum atomic E-state index is 11.8. The quantitative estimate of drug-likeness (QED) is 0.859. The van der Waals surface area contributed by atoms with Crippen molar-refractivity contribution in [3.63, 3.8) is 0 Å². The van der Waals surface area contributed by atoms with Gasteiger partial charge in [0.05, 0.1) is 6.10 Å². The van der Waals surface area contributed by atoms with Crippen molar-refractivity contribution in [1.82, 2.24) is 5.32 Å². The van der Waals surface area contributed by atoms with Gasteiger partial charge in [-0.05, 0) is 44.7 Å². The highest BCUT2D eigenvalue weighted by molar-refractivity contribution is 5.76. The third kappa shape index (κ3) is 3.88. The Morgan fingerprint density at radius 2 is 2.11 bits per heavy atom. The van der Waals surface area contributed by atoms with Gasteiger partial charge in [0.2, 0.25) is 5.91 Å². The van der Waals surface area contributed by atoms with Gasteiger partial charge in [0.15, 0.2) is 0 Å². The normalized spacial score (nSPS) is 23.9. The number of furan rings is 1. The lowest BCUT2D eigenvalue weighted by Crippen LogP contribution is -2.38. The van der Waals surface area contributed by atoms with Crippen molar-refractivity contribution in [2.24, 2.45) is 0 Å². The molecule has 0 unspecified atom stereocenters. The van der Waals surface area contributed by atoms with Crippen LogP contribution in [0, 0.1) is 6.92 Å². The predicted molar refractivity (Wildman–Crippen MR) is 68.2 cm³/mol. The minimum absolute atomic E-state index is 0.0745. The monoisotopic (exact) mass is 251 g/mol. The number of carbonyl (C=O) groups excluding carboxylic acids is 1. The van der Waals surface area contributed by atoms with E-state index in [4.69, 9.17) is 4.42 Å². The fourth-order valence-electron chi connectivity index (χ4n) is 2.38. The van der Waals surface area contributed by atoms with Crippen molar-refractivity contribution in [3.8, 4) is 0 Å². The van der Waals surface area contributed by atoms with E-state index in [1.54, 1.807) is 0 Å². The molecule has 1 saturated carbocycles. The number of aliphatic hydroxyl groups is 1. The summed E-state index contributed by atoms with van der Waals surface area (Å²) < 4.78 is 5.42. The zero-order valence-corrected chi connectivity index (χ0v) is 10.8. The summed E-state index contributed by atoms with van der Waals surface area (Å²) in [6.07, 6.45) is 4.29. The fourth-order valence-corrected chi connectivity index (χ4v) is 2.38. The highest BCUT2D eigenvalue weighted by atomic mass is 16.3. The molecule has 100 valence electrons. The van der Waals surface area contributed by atoms with Crippen LogP contribution in [0.2, 0.25) is 0 Å². The first kappa shape index (κ1) is 13.1. The summed E-state index contributed by atoms with van der Waals surface area (Å²) in [5.41, 5.74) is 0. The Morgan fingerprint density at radius 1 is 1.39 bits per heavy atom. The van der Waals surface area contributed by atoms with E-state index in [1.165, 1.54) is 0 Å². The molecule has 0 spiro atoms. The number of hydrogen-bond acceptors (Lipinski definition) is 3. The van der Waals surface area contributed by atoms with Gasteiger partial charge in [-0.15, -0.1) is 0 Å². The first-order valence-corrected chi connectivity index (χ1v) is 6.66. The first-order chi connectivity index (χ1) is 8.63. The van der Waals surface area contributed by atoms with E-state index in [-0.39, 0.29) is 18.1 Å². The van der Waals surface area contributed by atoms with Crippen molar-refractivity contribution in [2.45, 2.75) is 57.6 Å². The van der Waals surface area contributed by atoms with Crippen LogP contribution in [0.5, 0.6) is 0 Å². The molecule has 1 aromatic rings. The minimum Gasteiger partial charge on any atom is -0.466 e. The molecule has 2 rings (SSSR count). The summed E-state index contributed by atoms with van der Waals surface area (Å²) >= 11 is 0. The molecule has 1 aliphatic rings. The molecular weight excluding hydrogens is 230 g/mol. The van der Waals surface area contributed by atoms with Gasteiger partial charge in [0, 0.05) is 18.9 Å². The number of carbonyl (C=O) groups is 1. The van der Waals surface area contributed by atoms with Crippen LogP contribution in [0.4, 0.5) is 0 Å². The lowest BCUT2D eigenvalue weighted by molar-refractivity contribution is -0.122. The fraction of sp³-hybridized carbons (Fsp3) is 0.643. The van der Waals surface area contributed by atoms with Crippen molar-refractivity contribution < 1.29 is 14.3 Å². The maximum absolute atomic E-state index is 11.8. The second-order valence-corrected chi connectivity index (χ2v) is 5.09. The predicted octanol–water partition coefficient (Wildman–Crippen LogP) is 1.94. The summed E-state index contributed by atoms with van der Waals surface area (Å²) in [5.74, 6) is 1.82. The van der Waals surface area contributed by atoms with Crippen molar-refractivity contribution in [2.75, 3.05) is 0 Å². The Morgan fingerprint density at radius 3 is 2.72 bits per heavy atom. The number of aryl methyl sites for hydroxylation is 2. The molecule has 0 atom stereocenters. The number of hydrogen-bond donors (Lipinski definition) is 2. The van der Waals surface area contributed by atoms with Gasteiger partial charge in [-0.1, -0.05) is 0 Å².